The second-order valence-corrected chi connectivity index (χ2v) is 4.89. The minimum atomic E-state index is 0.111. The molecule has 0 saturated carbocycles. The average Bonchev–Trinajstić information content (AvgIpc) is 2.50. The first-order chi connectivity index (χ1) is 10.3. The molecule has 2 N–H and O–H groups in total. The lowest BCUT2D eigenvalue weighted by atomic mass is 10.1. The van der Waals surface area contributed by atoms with E-state index in [4.69, 9.17) is 9.84 Å². The first-order valence-corrected chi connectivity index (χ1v) is 7.34. The molecule has 4 nitrogen and oxygen atoms in total. The molecule has 112 valence electrons. The van der Waals surface area contributed by atoms with Crippen molar-refractivity contribution >= 4 is 0 Å². The third-order valence-electron chi connectivity index (χ3n) is 3.11. The Morgan fingerprint density at radius 3 is 2.90 bits per heavy atom. The van der Waals surface area contributed by atoms with Gasteiger partial charge in [0.15, 0.2) is 0 Å². The largest absolute Gasteiger partial charge is 0.455 e. The molecule has 21 heavy (non-hydrogen) atoms. The Morgan fingerprint density at radius 1 is 1.24 bits per heavy atom. The molecule has 0 aliphatic carbocycles. The molecule has 0 bridgehead atoms. The summed E-state index contributed by atoms with van der Waals surface area (Å²) in [6.07, 6.45) is 5.24. The van der Waals surface area contributed by atoms with Crippen LogP contribution in [0.15, 0.2) is 42.7 Å². The maximum Gasteiger partial charge on any atom is 0.146 e. The summed E-state index contributed by atoms with van der Waals surface area (Å²) in [5, 5.41) is 12.4. The molecule has 4 heteroatoms. The van der Waals surface area contributed by atoms with Crippen molar-refractivity contribution in [3.8, 4) is 11.5 Å². The van der Waals surface area contributed by atoms with Crippen LogP contribution in [-0.2, 0) is 13.0 Å². The zero-order chi connectivity index (χ0) is 14.9. The molecule has 1 aromatic heterocycles. The fraction of sp³-hybridized carbons (Fsp3) is 0.353. The molecule has 2 aromatic rings. The maximum atomic E-state index is 9.10. The molecule has 1 heterocycles. The van der Waals surface area contributed by atoms with Crippen molar-refractivity contribution in [2.45, 2.75) is 26.3 Å². The van der Waals surface area contributed by atoms with Gasteiger partial charge in [-0.3, -0.25) is 4.98 Å². The summed E-state index contributed by atoms with van der Waals surface area (Å²) in [5.74, 6) is 1.49. The quantitative estimate of drug-likeness (QED) is 0.733. The number of aromatic nitrogens is 1. The lowest BCUT2D eigenvalue weighted by Crippen LogP contribution is -2.13. The van der Waals surface area contributed by atoms with E-state index in [2.05, 4.69) is 17.2 Å². The second kappa shape index (κ2) is 8.39. The molecular weight excluding hydrogens is 264 g/mol. The summed E-state index contributed by atoms with van der Waals surface area (Å²) < 4.78 is 5.91. The monoisotopic (exact) mass is 286 g/mol. The van der Waals surface area contributed by atoms with E-state index in [1.807, 2.05) is 36.5 Å². The van der Waals surface area contributed by atoms with Crippen LogP contribution in [0, 0.1) is 0 Å². The fourth-order valence-electron chi connectivity index (χ4n) is 2.08. The van der Waals surface area contributed by atoms with Gasteiger partial charge in [-0.05, 0) is 42.6 Å². The van der Waals surface area contributed by atoms with E-state index in [9.17, 15) is 0 Å². The highest BCUT2D eigenvalue weighted by Gasteiger charge is 2.05. The van der Waals surface area contributed by atoms with Gasteiger partial charge in [0.05, 0.1) is 6.20 Å². The number of rotatable bonds is 8. The standard InChI is InChI=1S/C17H22N2O2/c1-2-8-18-11-14-10-16(13-19-12-14)21-17-6-4-3-5-15(17)7-9-20/h3-6,10,12-13,18,20H,2,7-9,11H2,1H3. The Hall–Kier alpha value is -1.91. The van der Waals surface area contributed by atoms with E-state index >= 15 is 0 Å². The molecule has 0 unspecified atom stereocenters. The third-order valence-corrected chi connectivity index (χ3v) is 3.11. The zero-order valence-corrected chi connectivity index (χ0v) is 12.4. The summed E-state index contributed by atoms with van der Waals surface area (Å²) in [6, 6.07) is 9.74. The Morgan fingerprint density at radius 2 is 2.10 bits per heavy atom. The number of benzene rings is 1. The third kappa shape index (κ3) is 4.85. The lowest BCUT2D eigenvalue weighted by molar-refractivity contribution is 0.298. The van der Waals surface area contributed by atoms with Crippen LogP contribution >= 0.6 is 0 Å². The Balaban J connectivity index is 2.07. The molecule has 0 radical (unpaired) electrons. The minimum absolute atomic E-state index is 0.111. The molecule has 0 amide bonds. The van der Waals surface area contributed by atoms with Crippen LogP contribution < -0.4 is 10.1 Å². The minimum Gasteiger partial charge on any atom is -0.455 e. The molecular formula is C17H22N2O2. The Bertz CT molecular complexity index is 558. The number of nitrogens with one attached hydrogen (secondary N) is 1. The molecule has 0 spiro atoms. The SMILES string of the molecule is CCCNCc1cncc(Oc2ccccc2CCO)c1. The first-order valence-electron chi connectivity index (χ1n) is 7.34. The number of aliphatic hydroxyl groups is 1. The summed E-state index contributed by atoms with van der Waals surface area (Å²) >= 11 is 0. The van der Waals surface area contributed by atoms with Gasteiger partial charge < -0.3 is 15.2 Å². The molecule has 0 aliphatic rings. The number of aliphatic hydroxyl groups excluding tert-OH is 1. The van der Waals surface area contributed by atoms with Crippen molar-refractivity contribution in [2.24, 2.45) is 0 Å². The summed E-state index contributed by atoms with van der Waals surface area (Å²) in [7, 11) is 0. The predicted molar refractivity (Wildman–Crippen MR) is 83.5 cm³/mol. The van der Waals surface area contributed by atoms with Crippen LogP contribution in [0.5, 0.6) is 11.5 Å². The molecule has 1 aromatic carbocycles. The zero-order valence-electron chi connectivity index (χ0n) is 12.4. The van der Waals surface area contributed by atoms with Crippen LogP contribution in [-0.4, -0.2) is 23.2 Å². The van der Waals surface area contributed by atoms with Crippen LogP contribution in [0.2, 0.25) is 0 Å². The van der Waals surface area contributed by atoms with Gasteiger partial charge >= 0.3 is 0 Å². The maximum absolute atomic E-state index is 9.10. The van der Waals surface area contributed by atoms with E-state index < -0.39 is 0 Å². The summed E-state index contributed by atoms with van der Waals surface area (Å²) in [4.78, 5) is 4.22. The van der Waals surface area contributed by atoms with Gasteiger partial charge in [0.2, 0.25) is 0 Å². The number of hydrogen-bond acceptors (Lipinski definition) is 4. The van der Waals surface area contributed by atoms with Gasteiger partial charge in [0.1, 0.15) is 11.5 Å². The van der Waals surface area contributed by atoms with Gasteiger partial charge in [0.25, 0.3) is 0 Å². The smallest absolute Gasteiger partial charge is 0.146 e. The highest BCUT2D eigenvalue weighted by molar-refractivity contribution is 5.38. The van der Waals surface area contributed by atoms with Crippen molar-refractivity contribution in [3.63, 3.8) is 0 Å². The lowest BCUT2D eigenvalue weighted by Gasteiger charge is -2.11. The van der Waals surface area contributed by atoms with Crippen molar-refractivity contribution in [3.05, 3.63) is 53.9 Å². The van der Waals surface area contributed by atoms with Crippen LogP contribution in [0.3, 0.4) is 0 Å². The molecule has 0 fully saturated rings. The predicted octanol–water partition coefficient (Wildman–Crippen LogP) is 2.91. The van der Waals surface area contributed by atoms with Crippen molar-refractivity contribution in [1.82, 2.24) is 10.3 Å². The molecule has 0 atom stereocenters. The van der Waals surface area contributed by atoms with E-state index in [0.29, 0.717) is 6.42 Å². The molecule has 0 saturated heterocycles. The van der Waals surface area contributed by atoms with Crippen molar-refractivity contribution < 1.29 is 9.84 Å². The van der Waals surface area contributed by atoms with E-state index in [1.54, 1.807) is 6.20 Å². The highest BCUT2D eigenvalue weighted by atomic mass is 16.5. The van der Waals surface area contributed by atoms with Gasteiger partial charge in [-0.25, -0.2) is 0 Å². The van der Waals surface area contributed by atoms with Gasteiger partial charge in [-0.2, -0.15) is 0 Å². The highest BCUT2D eigenvalue weighted by Crippen LogP contribution is 2.25. The van der Waals surface area contributed by atoms with Crippen molar-refractivity contribution in [1.29, 1.82) is 0 Å². The van der Waals surface area contributed by atoms with Crippen LogP contribution in [0.4, 0.5) is 0 Å². The summed E-state index contributed by atoms with van der Waals surface area (Å²) in [5.41, 5.74) is 2.09. The van der Waals surface area contributed by atoms with Crippen LogP contribution in [0.1, 0.15) is 24.5 Å². The van der Waals surface area contributed by atoms with E-state index in [-0.39, 0.29) is 6.61 Å². The van der Waals surface area contributed by atoms with E-state index in [1.165, 1.54) is 0 Å². The number of para-hydroxylation sites is 1. The van der Waals surface area contributed by atoms with Gasteiger partial charge in [-0.1, -0.05) is 25.1 Å². The summed E-state index contributed by atoms with van der Waals surface area (Å²) in [6.45, 7) is 4.03. The van der Waals surface area contributed by atoms with Crippen molar-refractivity contribution in [2.75, 3.05) is 13.2 Å². The Kier molecular flexibility index (Phi) is 6.19. The second-order valence-electron chi connectivity index (χ2n) is 4.89. The topological polar surface area (TPSA) is 54.4 Å². The number of hydrogen-bond donors (Lipinski definition) is 2. The average molecular weight is 286 g/mol. The van der Waals surface area contributed by atoms with Gasteiger partial charge in [-0.15, -0.1) is 0 Å². The molecule has 2 rings (SSSR count). The number of pyridine rings is 1. The van der Waals surface area contributed by atoms with E-state index in [0.717, 1.165) is 42.1 Å². The first kappa shape index (κ1) is 15.5. The molecule has 0 aliphatic heterocycles. The fourth-order valence-corrected chi connectivity index (χ4v) is 2.08. The number of ether oxygens (including phenoxy) is 1. The Labute approximate surface area is 125 Å². The van der Waals surface area contributed by atoms with Crippen LogP contribution in [0.25, 0.3) is 0 Å². The normalized spacial score (nSPS) is 10.6. The van der Waals surface area contributed by atoms with Gasteiger partial charge in [0, 0.05) is 19.3 Å². The number of nitrogens with zero attached hydrogens (tertiary/aromatic N) is 1.